The summed E-state index contributed by atoms with van der Waals surface area (Å²) in [6.45, 7) is 0.570. The van der Waals surface area contributed by atoms with Crippen molar-refractivity contribution in [1.82, 2.24) is 25.6 Å². The number of amides is 2. The van der Waals surface area contributed by atoms with E-state index in [2.05, 4.69) is 20.9 Å². The van der Waals surface area contributed by atoms with E-state index in [4.69, 9.17) is 11.6 Å². The van der Waals surface area contributed by atoms with Crippen LogP contribution >= 0.6 is 23.4 Å². The molecular formula is C18H16ClN5O2S. The zero-order valence-electron chi connectivity index (χ0n) is 14.1. The average Bonchev–Trinajstić information content (AvgIpc) is 3.19. The van der Waals surface area contributed by atoms with Gasteiger partial charge in [0.25, 0.3) is 5.91 Å². The summed E-state index contributed by atoms with van der Waals surface area (Å²) in [6.07, 6.45) is 3.09. The monoisotopic (exact) mass is 401 g/mol. The van der Waals surface area contributed by atoms with E-state index in [0.717, 1.165) is 10.5 Å². The molecule has 0 radical (unpaired) electrons. The summed E-state index contributed by atoms with van der Waals surface area (Å²) in [4.78, 5) is 28.8. The molecule has 138 valence electrons. The Morgan fingerprint density at radius 1 is 1.04 bits per heavy atom. The summed E-state index contributed by atoms with van der Waals surface area (Å²) in [5.74, 6) is -0.503. The van der Waals surface area contributed by atoms with Crippen LogP contribution in [0.2, 0.25) is 5.02 Å². The molecule has 27 heavy (non-hydrogen) atoms. The van der Waals surface area contributed by atoms with Crippen LogP contribution in [-0.2, 0) is 11.3 Å². The lowest BCUT2D eigenvalue weighted by atomic mass is 10.1. The van der Waals surface area contributed by atoms with E-state index in [1.807, 2.05) is 24.3 Å². The smallest absolute Gasteiger partial charge is 0.269 e. The van der Waals surface area contributed by atoms with Gasteiger partial charge in [0.1, 0.15) is 12.7 Å². The molecule has 0 unspecified atom stereocenters. The lowest BCUT2D eigenvalue weighted by molar-refractivity contribution is -0.119. The second-order valence-electron chi connectivity index (χ2n) is 5.53. The zero-order chi connectivity index (χ0) is 19.1. The highest BCUT2D eigenvalue weighted by molar-refractivity contribution is 8.00. The van der Waals surface area contributed by atoms with E-state index < -0.39 is 0 Å². The SMILES string of the molecule is O=C(CSc1ccc(Cl)cc1)NNC(=O)c1ccc(Cn2cncn2)cc1. The first kappa shape index (κ1) is 18.9. The molecule has 0 aliphatic carbocycles. The second kappa shape index (κ2) is 9.20. The summed E-state index contributed by atoms with van der Waals surface area (Å²) in [5.41, 5.74) is 6.25. The number of thioether (sulfide) groups is 1. The number of hydrogen-bond donors (Lipinski definition) is 2. The molecule has 0 aliphatic rings. The van der Waals surface area contributed by atoms with Gasteiger partial charge in [-0.3, -0.25) is 20.4 Å². The first-order chi connectivity index (χ1) is 13.1. The van der Waals surface area contributed by atoms with Crippen molar-refractivity contribution in [3.8, 4) is 0 Å². The first-order valence-corrected chi connectivity index (χ1v) is 9.35. The molecule has 7 nitrogen and oxygen atoms in total. The molecule has 3 rings (SSSR count). The molecule has 0 atom stereocenters. The normalized spacial score (nSPS) is 10.4. The molecule has 3 aromatic rings. The van der Waals surface area contributed by atoms with Gasteiger partial charge in [-0.2, -0.15) is 5.10 Å². The first-order valence-electron chi connectivity index (χ1n) is 7.99. The Morgan fingerprint density at radius 2 is 1.78 bits per heavy atom. The molecular weight excluding hydrogens is 386 g/mol. The average molecular weight is 402 g/mol. The number of rotatable bonds is 6. The maximum atomic E-state index is 12.1. The summed E-state index contributed by atoms with van der Waals surface area (Å²) in [5, 5.41) is 4.67. The topological polar surface area (TPSA) is 88.9 Å². The molecule has 0 saturated carbocycles. The van der Waals surface area contributed by atoms with Crippen molar-refractivity contribution in [2.24, 2.45) is 0 Å². The number of carbonyl (C=O) groups excluding carboxylic acids is 2. The zero-order valence-corrected chi connectivity index (χ0v) is 15.7. The van der Waals surface area contributed by atoms with Crippen molar-refractivity contribution in [3.05, 3.63) is 77.3 Å². The highest BCUT2D eigenvalue weighted by Gasteiger charge is 2.08. The van der Waals surface area contributed by atoms with Gasteiger partial charge in [0.05, 0.1) is 12.3 Å². The number of nitrogens with zero attached hydrogens (tertiary/aromatic N) is 3. The predicted octanol–water partition coefficient (Wildman–Crippen LogP) is 2.53. The minimum Gasteiger partial charge on any atom is -0.272 e. The van der Waals surface area contributed by atoms with Crippen LogP contribution in [0.15, 0.2) is 66.1 Å². The Kier molecular flexibility index (Phi) is 6.45. The van der Waals surface area contributed by atoms with Gasteiger partial charge in [0.15, 0.2) is 0 Å². The highest BCUT2D eigenvalue weighted by atomic mass is 35.5. The molecule has 0 fully saturated rings. The lowest BCUT2D eigenvalue weighted by Gasteiger charge is -2.08. The largest absolute Gasteiger partial charge is 0.272 e. The molecule has 0 aliphatic heterocycles. The molecule has 0 saturated heterocycles. The van der Waals surface area contributed by atoms with E-state index in [-0.39, 0.29) is 17.6 Å². The molecule has 2 aromatic carbocycles. The fourth-order valence-electron chi connectivity index (χ4n) is 2.18. The van der Waals surface area contributed by atoms with E-state index in [1.54, 1.807) is 35.3 Å². The van der Waals surface area contributed by atoms with Crippen molar-refractivity contribution in [2.75, 3.05) is 5.75 Å². The maximum absolute atomic E-state index is 12.1. The fourth-order valence-corrected chi connectivity index (χ4v) is 3.00. The van der Waals surface area contributed by atoms with Crippen LogP contribution in [-0.4, -0.2) is 32.3 Å². The summed E-state index contributed by atoms with van der Waals surface area (Å²) in [7, 11) is 0. The minimum atomic E-state index is -0.382. The Hall–Kier alpha value is -2.84. The van der Waals surface area contributed by atoms with E-state index in [9.17, 15) is 9.59 Å². The third kappa shape index (κ3) is 5.83. The standard InChI is InChI=1S/C18H16ClN5O2S/c19-15-5-7-16(8-6-15)27-10-17(25)22-23-18(26)14-3-1-13(2-4-14)9-24-12-20-11-21-24/h1-8,11-12H,9-10H2,(H,22,25)(H,23,26). The van der Waals surface area contributed by atoms with Gasteiger partial charge in [0.2, 0.25) is 5.91 Å². The molecule has 1 heterocycles. The number of benzene rings is 2. The summed E-state index contributed by atoms with van der Waals surface area (Å²) < 4.78 is 1.69. The summed E-state index contributed by atoms with van der Waals surface area (Å²) in [6, 6.07) is 14.2. The Labute approximate surface area is 165 Å². The number of aromatic nitrogens is 3. The Balaban J connectivity index is 1.44. The van der Waals surface area contributed by atoms with Crippen molar-refractivity contribution in [3.63, 3.8) is 0 Å². The molecule has 9 heteroatoms. The van der Waals surface area contributed by atoms with Crippen LogP contribution in [0.5, 0.6) is 0 Å². The third-order valence-corrected chi connectivity index (χ3v) is 4.79. The number of hydrogen-bond acceptors (Lipinski definition) is 5. The summed E-state index contributed by atoms with van der Waals surface area (Å²) >= 11 is 7.17. The molecule has 1 aromatic heterocycles. The van der Waals surface area contributed by atoms with Crippen LogP contribution in [0, 0.1) is 0 Å². The fraction of sp³-hybridized carbons (Fsp3) is 0.111. The van der Waals surface area contributed by atoms with Crippen LogP contribution < -0.4 is 10.9 Å². The van der Waals surface area contributed by atoms with Gasteiger partial charge in [-0.05, 0) is 42.0 Å². The number of carbonyl (C=O) groups is 2. The third-order valence-electron chi connectivity index (χ3n) is 3.53. The van der Waals surface area contributed by atoms with Crippen molar-refractivity contribution in [2.45, 2.75) is 11.4 Å². The quantitative estimate of drug-likeness (QED) is 0.489. The van der Waals surface area contributed by atoms with Crippen molar-refractivity contribution < 1.29 is 9.59 Å². The lowest BCUT2D eigenvalue weighted by Crippen LogP contribution is -2.42. The predicted molar refractivity (Wildman–Crippen MR) is 103 cm³/mol. The molecule has 0 bridgehead atoms. The van der Waals surface area contributed by atoms with E-state index >= 15 is 0 Å². The van der Waals surface area contributed by atoms with Gasteiger partial charge in [-0.15, -0.1) is 11.8 Å². The van der Waals surface area contributed by atoms with Gasteiger partial charge in [-0.1, -0.05) is 23.7 Å². The van der Waals surface area contributed by atoms with Crippen molar-refractivity contribution in [1.29, 1.82) is 0 Å². The number of halogens is 1. The van der Waals surface area contributed by atoms with Crippen molar-refractivity contribution >= 4 is 35.2 Å². The van der Waals surface area contributed by atoms with Gasteiger partial charge in [0, 0.05) is 15.5 Å². The molecule has 2 amide bonds. The van der Waals surface area contributed by atoms with Crippen LogP contribution in [0.3, 0.4) is 0 Å². The van der Waals surface area contributed by atoms with Gasteiger partial charge in [-0.25, -0.2) is 9.67 Å². The van der Waals surface area contributed by atoms with Crippen LogP contribution in [0.1, 0.15) is 15.9 Å². The Morgan fingerprint density at radius 3 is 2.44 bits per heavy atom. The number of hydrazine groups is 1. The highest BCUT2D eigenvalue weighted by Crippen LogP contribution is 2.19. The van der Waals surface area contributed by atoms with E-state index in [0.29, 0.717) is 17.1 Å². The second-order valence-corrected chi connectivity index (χ2v) is 7.02. The van der Waals surface area contributed by atoms with Gasteiger partial charge < -0.3 is 0 Å². The molecule has 0 spiro atoms. The maximum Gasteiger partial charge on any atom is 0.269 e. The van der Waals surface area contributed by atoms with E-state index in [1.165, 1.54) is 18.1 Å². The molecule has 2 N–H and O–H groups in total. The Bertz CT molecular complexity index is 899. The number of nitrogens with one attached hydrogen (secondary N) is 2. The minimum absolute atomic E-state index is 0.179. The van der Waals surface area contributed by atoms with Crippen LogP contribution in [0.25, 0.3) is 0 Å². The van der Waals surface area contributed by atoms with Crippen LogP contribution in [0.4, 0.5) is 0 Å². The van der Waals surface area contributed by atoms with Gasteiger partial charge >= 0.3 is 0 Å².